The maximum Gasteiger partial charge on any atom is 0.333 e. The average molecular weight is 187 g/mol. The van der Waals surface area contributed by atoms with Gasteiger partial charge in [-0.15, -0.1) is 0 Å². The number of carbonyl (C=O) groups excluding carboxylic acids is 1. The first-order valence-corrected chi connectivity index (χ1v) is 4.22. The summed E-state index contributed by atoms with van der Waals surface area (Å²) in [6, 6.07) is -0.181. The molecule has 0 fully saturated rings. The van der Waals surface area contributed by atoms with Crippen LogP contribution in [-0.4, -0.2) is 44.3 Å². The molecule has 1 heterocycles. The van der Waals surface area contributed by atoms with Crippen LogP contribution in [0.4, 0.5) is 4.39 Å². The van der Waals surface area contributed by atoms with Gasteiger partial charge in [-0.05, 0) is 13.5 Å². The van der Waals surface area contributed by atoms with Gasteiger partial charge in [0.05, 0.1) is 7.11 Å². The number of esters is 1. The molecular formula is C9H14FNO2. The van der Waals surface area contributed by atoms with E-state index in [9.17, 15) is 9.18 Å². The minimum atomic E-state index is -0.426. The van der Waals surface area contributed by atoms with Gasteiger partial charge in [-0.2, -0.15) is 0 Å². The molecule has 0 unspecified atom stereocenters. The molecule has 13 heavy (non-hydrogen) atoms. The molecule has 0 aromatic rings. The number of rotatable bonds is 2. The minimum absolute atomic E-state index is 0.181. The average Bonchev–Trinajstić information content (AvgIpc) is 2.17. The number of hydrogen-bond acceptors (Lipinski definition) is 3. The number of alkyl halides is 1. The summed E-state index contributed by atoms with van der Waals surface area (Å²) in [4.78, 5) is 13.0. The Morgan fingerprint density at radius 2 is 2.54 bits per heavy atom. The van der Waals surface area contributed by atoms with Crippen LogP contribution in [0.15, 0.2) is 11.6 Å². The summed E-state index contributed by atoms with van der Waals surface area (Å²) < 4.78 is 17.0. The van der Waals surface area contributed by atoms with E-state index in [0.717, 1.165) is 0 Å². The van der Waals surface area contributed by atoms with Gasteiger partial charge in [-0.1, -0.05) is 6.08 Å². The van der Waals surface area contributed by atoms with Crippen LogP contribution in [0.3, 0.4) is 0 Å². The summed E-state index contributed by atoms with van der Waals surface area (Å²) in [6.07, 6.45) is 2.23. The molecule has 1 atom stereocenters. The molecule has 0 aromatic heterocycles. The van der Waals surface area contributed by atoms with Crippen molar-refractivity contribution in [3.63, 3.8) is 0 Å². The van der Waals surface area contributed by atoms with E-state index < -0.39 is 6.67 Å². The van der Waals surface area contributed by atoms with Crippen molar-refractivity contribution in [3.05, 3.63) is 11.6 Å². The summed E-state index contributed by atoms with van der Waals surface area (Å²) in [5, 5.41) is 0. The molecule has 0 N–H and O–H groups in total. The molecule has 0 aromatic carbocycles. The highest BCUT2D eigenvalue weighted by Gasteiger charge is 2.23. The zero-order valence-corrected chi connectivity index (χ0v) is 7.92. The SMILES string of the molecule is COC(=O)C1=CCN(C)[C@H](CF)C1. The Morgan fingerprint density at radius 1 is 1.85 bits per heavy atom. The van der Waals surface area contributed by atoms with Gasteiger partial charge < -0.3 is 4.74 Å². The van der Waals surface area contributed by atoms with Crippen LogP contribution in [-0.2, 0) is 9.53 Å². The lowest BCUT2D eigenvalue weighted by Crippen LogP contribution is -2.38. The standard InChI is InChI=1S/C9H14FNO2/c1-11-4-3-7(9(12)13-2)5-8(11)6-10/h3,8H,4-6H2,1-2H3/t8-/m0/s1. The molecule has 0 saturated heterocycles. The molecule has 0 spiro atoms. The maximum absolute atomic E-state index is 12.4. The van der Waals surface area contributed by atoms with Gasteiger partial charge in [0.25, 0.3) is 0 Å². The molecule has 0 aliphatic carbocycles. The highest BCUT2D eigenvalue weighted by atomic mass is 19.1. The Labute approximate surface area is 77.2 Å². The Balaban J connectivity index is 2.65. The van der Waals surface area contributed by atoms with Crippen LogP contribution in [0.2, 0.25) is 0 Å². The van der Waals surface area contributed by atoms with E-state index >= 15 is 0 Å². The summed E-state index contributed by atoms with van der Waals surface area (Å²) >= 11 is 0. The number of methoxy groups -OCH3 is 1. The van der Waals surface area contributed by atoms with Crippen molar-refractivity contribution in [3.8, 4) is 0 Å². The van der Waals surface area contributed by atoms with E-state index in [4.69, 9.17) is 0 Å². The third-order valence-corrected chi connectivity index (χ3v) is 2.33. The fraction of sp³-hybridized carbons (Fsp3) is 0.667. The highest BCUT2D eigenvalue weighted by molar-refractivity contribution is 5.88. The lowest BCUT2D eigenvalue weighted by atomic mass is 10.0. The molecule has 3 nitrogen and oxygen atoms in total. The van der Waals surface area contributed by atoms with Crippen LogP contribution < -0.4 is 0 Å². The zero-order chi connectivity index (χ0) is 9.84. The van der Waals surface area contributed by atoms with Crippen molar-refractivity contribution in [2.24, 2.45) is 0 Å². The second-order valence-corrected chi connectivity index (χ2v) is 3.17. The minimum Gasteiger partial charge on any atom is -0.466 e. The van der Waals surface area contributed by atoms with Crippen molar-refractivity contribution in [1.29, 1.82) is 0 Å². The molecule has 1 aliphatic rings. The van der Waals surface area contributed by atoms with Crippen molar-refractivity contribution in [1.82, 2.24) is 4.90 Å². The van der Waals surface area contributed by atoms with Gasteiger partial charge in [-0.25, -0.2) is 9.18 Å². The van der Waals surface area contributed by atoms with E-state index in [2.05, 4.69) is 4.74 Å². The molecule has 0 saturated carbocycles. The van der Waals surface area contributed by atoms with Crippen molar-refractivity contribution < 1.29 is 13.9 Å². The Hall–Kier alpha value is -0.900. The summed E-state index contributed by atoms with van der Waals surface area (Å²) in [6.45, 7) is 0.184. The Bertz CT molecular complexity index is 228. The van der Waals surface area contributed by atoms with E-state index in [1.807, 2.05) is 11.9 Å². The van der Waals surface area contributed by atoms with Gasteiger partial charge in [0.2, 0.25) is 0 Å². The quantitative estimate of drug-likeness (QED) is 0.598. The molecule has 74 valence electrons. The maximum atomic E-state index is 12.4. The summed E-state index contributed by atoms with van der Waals surface area (Å²) in [7, 11) is 3.18. The number of nitrogens with zero attached hydrogens (tertiary/aromatic N) is 1. The van der Waals surface area contributed by atoms with Crippen LogP contribution in [0.1, 0.15) is 6.42 Å². The van der Waals surface area contributed by atoms with Crippen LogP contribution in [0, 0.1) is 0 Å². The first-order chi connectivity index (χ1) is 6.19. The lowest BCUT2D eigenvalue weighted by molar-refractivity contribution is -0.136. The molecule has 0 radical (unpaired) electrons. The summed E-state index contributed by atoms with van der Waals surface area (Å²) in [5.74, 6) is -0.341. The fourth-order valence-corrected chi connectivity index (χ4v) is 1.37. The monoisotopic (exact) mass is 187 g/mol. The largest absolute Gasteiger partial charge is 0.466 e. The second-order valence-electron chi connectivity index (χ2n) is 3.17. The normalized spacial score (nSPS) is 23.9. The van der Waals surface area contributed by atoms with Crippen molar-refractivity contribution in [2.45, 2.75) is 12.5 Å². The van der Waals surface area contributed by atoms with E-state index in [0.29, 0.717) is 18.5 Å². The second kappa shape index (κ2) is 4.37. The lowest BCUT2D eigenvalue weighted by Gasteiger charge is -2.29. The molecule has 1 rings (SSSR count). The van der Waals surface area contributed by atoms with E-state index in [-0.39, 0.29) is 12.0 Å². The van der Waals surface area contributed by atoms with Crippen molar-refractivity contribution >= 4 is 5.97 Å². The first-order valence-electron chi connectivity index (χ1n) is 4.22. The van der Waals surface area contributed by atoms with Gasteiger partial charge >= 0.3 is 5.97 Å². The number of halogens is 1. The van der Waals surface area contributed by atoms with E-state index in [1.165, 1.54) is 7.11 Å². The Morgan fingerprint density at radius 3 is 3.08 bits per heavy atom. The van der Waals surface area contributed by atoms with Crippen LogP contribution >= 0.6 is 0 Å². The van der Waals surface area contributed by atoms with Gasteiger partial charge in [0.1, 0.15) is 6.67 Å². The highest BCUT2D eigenvalue weighted by Crippen LogP contribution is 2.17. The van der Waals surface area contributed by atoms with Crippen LogP contribution in [0.5, 0.6) is 0 Å². The molecule has 4 heteroatoms. The number of ether oxygens (including phenoxy) is 1. The predicted octanol–water partition coefficient (Wildman–Crippen LogP) is 0.759. The summed E-state index contributed by atoms with van der Waals surface area (Å²) in [5.41, 5.74) is 0.586. The van der Waals surface area contributed by atoms with Crippen molar-refractivity contribution in [2.75, 3.05) is 27.4 Å². The van der Waals surface area contributed by atoms with Crippen LogP contribution in [0.25, 0.3) is 0 Å². The smallest absolute Gasteiger partial charge is 0.333 e. The molecule has 0 bridgehead atoms. The number of carbonyl (C=O) groups is 1. The zero-order valence-electron chi connectivity index (χ0n) is 7.92. The molecule has 1 aliphatic heterocycles. The number of hydrogen-bond donors (Lipinski definition) is 0. The van der Waals surface area contributed by atoms with Gasteiger partial charge in [0.15, 0.2) is 0 Å². The third-order valence-electron chi connectivity index (χ3n) is 2.33. The molecular weight excluding hydrogens is 173 g/mol. The first kappa shape index (κ1) is 10.2. The van der Waals surface area contributed by atoms with Gasteiger partial charge in [0, 0.05) is 18.2 Å². The third kappa shape index (κ3) is 2.28. The fourth-order valence-electron chi connectivity index (χ4n) is 1.37. The Kier molecular flexibility index (Phi) is 3.42. The molecule has 0 amide bonds. The van der Waals surface area contributed by atoms with Gasteiger partial charge in [-0.3, -0.25) is 4.90 Å². The topological polar surface area (TPSA) is 29.5 Å². The van der Waals surface area contributed by atoms with E-state index in [1.54, 1.807) is 6.08 Å². The number of likely N-dealkylation sites (N-methyl/N-ethyl adjacent to an activating group) is 1. The predicted molar refractivity (Wildman–Crippen MR) is 47.1 cm³/mol.